The number of hydrogen-bond acceptors (Lipinski definition) is 5. The third-order valence-electron chi connectivity index (χ3n) is 4.94. The Morgan fingerprint density at radius 2 is 1.86 bits per heavy atom. The first-order valence-electron chi connectivity index (χ1n) is 9.91. The molecule has 1 atom stereocenters. The van der Waals surface area contributed by atoms with Crippen molar-refractivity contribution < 1.29 is 45.8 Å². The van der Waals surface area contributed by atoms with Crippen LogP contribution in [-0.2, 0) is 10.9 Å². The van der Waals surface area contributed by atoms with Crippen LogP contribution in [0.1, 0.15) is 33.0 Å². The van der Waals surface area contributed by atoms with E-state index in [0.717, 1.165) is 12.1 Å². The summed E-state index contributed by atoms with van der Waals surface area (Å²) in [5, 5.41) is 11.6. The molecule has 0 aliphatic heterocycles. The van der Waals surface area contributed by atoms with Crippen molar-refractivity contribution in [1.82, 2.24) is 14.7 Å². The minimum absolute atomic E-state index is 0.0488. The van der Waals surface area contributed by atoms with Crippen molar-refractivity contribution >= 4 is 17.3 Å². The molecule has 0 unspecified atom stereocenters. The number of nitrogens with two attached hydrogens (primary N) is 1. The molecule has 0 aliphatic rings. The van der Waals surface area contributed by atoms with Gasteiger partial charge in [0, 0.05) is 11.8 Å². The molecule has 1 aromatic carbocycles. The van der Waals surface area contributed by atoms with Gasteiger partial charge in [0.1, 0.15) is 0 Å². The molecule has 0 saturated heterocycles. The van der Waals surface area contributed by atoms with Gasteiger partial charge in [-0.1, -0.05) is 0 Å². The van der Waals surface area contributed by atoms with E-state index >= 15 is 0 Å². The number of aliphatic hydroxyl groups excluding tert-OH is 1. The Morgan fingerprint density at radius 1 is 1.14 bits per heavy atom. The van der Waals surface area contributed by atoms with Gasteiger partial charge in [-0.3, -0.25) is 18.7 Å². The number of aromatic nitrogens is 2. The van der Waals surface area contributed by atoms with Crippen LogP contribution in [0.5, 0.6) is 0 Å². The van der Waals surface area contributed by atoms with E-state index in [2.05, 4.69) is 15.0 Å². The number of imidazole rings is 1. The molecule has 0 aliphatic carbocycles. The number of halogens is 6. The number of alkyl halides is 6. The van der Waals surface area contributed by atoms with Crippen LogP contribution in [0, 0.1) is 0 Å². The number of nitrogens with one attached hydrogen (secondary N) is 1. The molecular formula is C21H18F6N4O4. The van der Waals surface area contributed by atoms with Gasteiger partial charge < -0.3 is 16.2 Å². The number of carbonyl (C=O) groups excluding carboxylic acids is 2. The highest BCUT2D eigenvalue weighted by atomic mass is 19.4. The molecule has 0 fully saturated rings. The molecule has 4 N–H and O–H groups in total. The van der Waals surface area contributed by atoms with E-state index < -0.39 is 55.6 Å². The highest BCUT2D eigenvalue weighted by molar-refractivity contribution is 5.96. The van der Waals surface area contributed by atoms with Gasteiger partial charge in [-0.25, -0.2) is 4.98 Å². The van der Waals surface area contributed by atoms with Crippen molar-refractivity contribution in [2.24, 2.45) is 5.73 Å². The smallest absolute Gasteiger partial charge is 0.394 e. The molecule has 35 heavy (non-hydrogen) atoms. The molecule has 8 nitrogen and oxygen atoms in total. The van der Waals surface area contributed by atoms with E-state index in [1.165, 1.54) is 28.9 Å². The van der Waals surface area contributed by atoms with E-state index in [9.17, 15) is 41.0 Å². The van der Waals surface area contributed by atoms with Gasteiger partial charge in [-0.05, 0) is 47.9 Å². The largest absolute Gasteiger partial charge is 0.522 e. The summed E-state index contributed by atoms with van der Waals surface area (Å²) in [6, 6.07) is 4.03. The van der Waals surface area contributed by atoms with Crippen LogP contribution in [-0.4, -0.2) is 51.9 Å². The zero-order valence-corrected chi connectivity index (χ0v) is 17.7. The Hall–Kier alpha value is -3.65. The number of fused-ring (bicyclic) bond motifs is 1. The predicted molar refractivity (Wildman–Crippen MR) is 109 cm³/mol. The Balaban J connectivity index is 1.92. The quantitative estimate of drug-likeness (QED) is 0.408. The molecule has 188 valence electrons. The minimum atomic E-state index is -4.89. The van der Waals surface area contributed by atoms with E-state index in [-0.39, 0.29) is 28.0 Å². The fraction of sp³-hybridized carbons (Fsp3) is 0.286. The number of primary amides is 1. The number of aliphatic hydroxyl groups is 1. The summed E-state index contributed by atoms with van der Waals surface area (Å²) in [5.41, 5.74) is 3.89. The van der Waals surface area contributed by atoms with Crippen molar-refractivity contribution in [3.8, 4) is 11.1 Å². The molecule has 0 spiro atoms. The molecule has 3 rings (SSSR count). The van der Waals surface area contributed by atoms with Crippen LogP contribution in [0.25, 0.3) is 16.6 Å². The number of ether oxygens (including phenoxy) is 1. The fourth-order valence-electron chi connectivity index (χ4n) is 3.32. The SMILES string of the molecule is NC(=O)c1ncc2cc(-c3cc(C(=O)N[C@H](CO)CCOC(F)(F)F)ccc3C(F)(F)F)ccn12. The molecule has 2 amide bonds. The monoisotopic (exact) mass is 504 g/mol. The molecule has 0 saturated carbocycles. The Morgan fingerprint density at radius 3 is 2.46 bits per heavy atom. The second-order valence-electron chi connectivity index (χ2n) is 7.35. The lowest BCUT2D eigenvalue weighted by Crippen LogP contribution is -2.38. The molecule has 2 aromatic heterocycles. The van der Waals surface area contributed by atoms with Crippen molar-refractivity contribution in [3.63, 3.8) is 0 Å². The summed E-state index contributed by atoms with van der Waals surface area (Å²) in [6.45, 7) is -1.56. The Labute approximate surface area is 193 Å². The van der Waals surface area contributed by atoms with Crippen LogP contribution >= 0.6 is 0 Å². The lowest BCUT2D eigenvalue weighted by molar-refractivity contribution is -0.325. The lowest BCUT2D eigenvalue weighted by atomic mass is 9.96. The number of nitrogens with zero attached hydrogens (tertiary/aromatic N) is 2. The Kier molecular flexibility index (Phi) is 7.36. The second kappa shape index (κ2) is 9.92. The molecule has 0 bridgehead atoms. The molecular weight excluding hydrogens is 486 g/mol. The van der Waals surface area contributed by atoms with Gasteiger partial charge >= 0.3 is 12.5 Å². The van der Waals surface area contributed by atoms with E-state index in [0.29, 0.717) is 6.07 Å². The summed E-state index contributed by atoms with van der Waals surface area (Å²) in [7, 11) is 0. The minimum Gasteiger partial charge on any atom is -0.394 e. The topological polar surface area (TPSA) is 119 Å². The first kappa shape index (κ1) is 26.0. The van der Waals surface area contributed by atoms with Crippen LogP contribution in [0.4, 0.5) is 26.3 Å². The predicted octanol–water partition coefficient (Wildman–Crippen LogP) is 3.14. The summed E-state index contributed by atoms with van der Waals surface area (Å²) >= 11 is 0. The van der Waals surface area contributed by atoms with Crippen LogP contribution in [0.15, 0.2) is 42.7 Å². The number of amides is 2. The van der Waals surface area contributed by atoms with E-state index in [4.69, 9.17) is 5.73 Å². The average Bonchev–Trinajstić information content (AvgIpc) is 3.20. The standard InChI is InChI=1S/C21H18F6N4O4/c22-20(23,24)16-2-1-12(19(34)30-13(10-32)4-6-35-21(25,26)27)8-15(16)11-3-5-31-14(7-11)9-29-18(31)17(28)33/h1-3,5,7-9,13,32H,4,6,10H2,(H2,28,33)(H,30,34)/t13-/m0/s1. The number of pyridine rings is 1. The van der Waals surface area contributed by atoms with Crippen molar-refractivity contribution in [2.45, 2.75) is 25.0 Å². The van der Waals surface area contributed by atoms with Gasteiger partial charge in [0.2, 0.25) is 5.82 Å². The van der Waals surface area contributed by atoms with Crippen LogP contribution in [0.2, 0.25) is 0 Å². The maximum absolute atomic E-state index is 13.7. The zero-order chi connectivity index (χ0) is 26.0. The van der Waals surface area contributed by atoms with E-state index in [1.54, 1.807) is 0 Å². The van der Waals surface area contributed by atoms with Crippen molar-refractivity contribution in [1.29, 1.82) is 0 Å². The summed E-state index contributed by atoms with van der Waals surface area (Å²) in [5.74, 6) is -1.88. The normalized spacial score (nSPS) is 13.1. The fourth-order valence-corrected chi connectivity index (χ4v) is 3.32. The van der Waals surface area contributed by atoms with Gasteiger partial charge in [0.15, 0.2) is 0 Å². The average molecular weight is 504 g/mol. The number of rotatable bonds is 8. The summed E-state index contributed by atoms with van der Waals surface area (Å²) in [4.78, 5) is 27.8. The molecule has 3 aromatic rings. The van der Waals surface area contributed by atoms with Crippen molar-refractivity contribution in [3.05, 3.63) is 59.7 Å². The Bertz CT molecular complexity index is 1240. The van der Waals surface area contributed by atoms with Gasteiger partial charge in [0.25, 0.3) is 11.8 Å². The van der Waals surface area contributed by atoms with Gasteiger partial charge in [0.05, 0.1) is 36.5 Å². The third-order valence-corrected chi connectivity index (χ3v) is 4.94. The number of carbonyl (C=O) groups is 2. The summed E-state index contributed by atoms with van der Waals surface area (Å²) in [6.07, 6.45) is -7.52. The number of benzene rings is 1. The first-order chi connectivity index (χ1) is 16.3. The van der Waals surface area contributed by atoms with Crippen LogP contribution < -0.4 is 11.1 Å². The first-order valence-corrected chi connectivity index (χ1v) is 9.91. The maximum Gasteiger partial charge on any atom is 0.522 e. The molecule has 14 heteroatoms. The molecule has 0 radical (unpaired) electrons. The van der Waals surface area contributed by atoms with Gasteiger partial charge in [-0.2, -0.15) is 13.2 Å². The maximum atomic E-state index is 13.7. The second-order valence-corrected chi connectivity index (χ2v) is 7.35. The highest BCUT2D eigenvalue weighted by Gasteiger charge is 2.34. The molecule has 2 heterocycles. The van der Waals surface area contributed by atoms with Gasteiger partial charge in [-0.15, -0.1) is 13.2 Å². The van der Waals surface area contributed by atoms with E-state index in [1.807, 2.05) is 0 Å². The third kappa shape index (κ3) is 6.27. The van der Waals surface area contributed by atoms with Crippen molar-refractivity contribution in [2.75, 3.05) is 13.2 Å². The van der Waals surface area contributed by atoms with Crippen LogP contribution in [0.3, 0.4) is 0 Å². The zero-order valence-electron chi connectivity index (χ0n) is 17.7. The highest BCUT2D eigenvalue weighted by Crippen LogP contribution is 2.38. The number of hydrogen-bond donors (Lipinski definition) is 3. The summed E-state index contributed by atoms with van der Waals surface area (Å²) < 4.78 is 82.3. The lowest BCUT2D eigenvalue weighted by Gasteiger charge is -2.18.